The summed E-state index contributed by atoms with van der Waals surface area (Å²) in [4.78, 5) is 31.3. The number of rotatable bonds is 21. The summed E-state index contributed by atoms with van der Waals surface area (Å²) in [7, 11) is 0.940. The van der Waals surface area contributed by atoms with Crippen LogP contribution in [-0.4, -0.2) is 85.8 Å². The monoisotopic (exact) mass is 856 g/mol. The fraction of sp³-hybridized carbons (Fsp3) is 0.370. The van der Waals surface area contributed by atoms with E-state index in [9.17, 15) is 18.0 Å². The lowest BCUT2D eigenvalue weighted by Gasteiger charge is -2.24. The van der Waals surface area contributed by atoms with Crippen molar-refractivity contribution in [3.05, 3.63) is 107 Å². The van der Waals surface area contributed by atoms with E-state index in [2.05, 4.69) is 20.3 Å². The molecule has 4 aromatic carbocycles. The molecule has 1 atom stereocenters. The van der Waals surface area contributed by atoms with Crippen LogP contribution in [0.4, 0.5) is 21.9 Å². The first-order valence-electron chi connectivity index (χ1n) is 19.9. The van der Waals surface area contributed by atoms with E-state index in [0.717, 1.165) is 33.8 Å². The highest BCUT2D eigenvalue weighted by Gasteiger charge is 2.23. The summed E-state index contributed by atoms with van der Waals surface area (Å²) in [5.74, 6) is 1.78. The second-order valence-corrected chi connectivity index (χ2v) is 17.4. The van der Waals surface area contributed by atoms with Crippen LogP contribution in [0.1, 0.15) is 61.3 Å². The minimum atomic E-state index is -3.64. The van der Waals surface area contributed by atoms with Crippen LogP contribution in [0.3, 0.4) is 0 Å². The maximum absolute atomic E-state index is 13.5. The zero-order valence-electron chi connectivity index (χ0n) is 36.0. The van der Waals surface area contributed by atoms with E-state index in [1.54, 1.807) is 56.8 Å². The average Bonchev–Trinajstić information content (AvgIpc) is 3.20. The molecule has 0 saturated carbocycles. The first-order chi connectivity index (χ1) is 29.1. The Bertz CT molecular complexity index is 2420. The van der Waals surface area contributed by atoms with Crippen LogP contribution in [0.5, 0.6) is 23.0 Å². The van der Waals surface area contributed by atoms with Gasteiger partial charge in [-0.25, -0.2) is 13.2 Å². The van der Waals surface area contributed by atoms with Crippen molar-refractivity contribution in [3.8, 4) is 23.0 Å². The summed E-state index contributed by atoms with van der Waals surface area (Å²) in [5.41, 5.74) is 3.61. The van der Waals surface area contributed by atoms with E-state index in [1.165, 1.54) is 7.11 Å². The van der Waals surface area contributed by atoms with Crippen molar-refractivity contribution in [3.63, 3.8) is 0 Å². The molecule has 0 aliphatic rings. The van der Waals surface area contributed by atoms with E-state index in [4.69, 9.17) is 28.4 Å². The highest BCUT2D eigenvalue weighted by atomic mass is 32.2. The molecule has 0 aliphatic carbocycles. The summed E-state index contributed by atoms with van der Waals surface area (Å²) < 4.78 is 60.6. The van der Waals surface area contributed by atoms with Crippen LogP contribution >= 0.6 is 0 Å². The fourth-order valence-electron chi connectivity index (χ4n) is 6.56. The first kappa shape index (κ1) is 46.3. The van der Waals surface area contributed by atoms with E-state index in [0.29, 0.717) is 80.1 Å². The van der Waals surface area contributed by atoms with Crippen LogP contribution in [0.2, 0.25) is 0 Å². The third-order valence-corrected chi connectivity index (χ3v) is 10.1. The summed E-state index contributed by atoms with van der Waals surface area (Å²) in [6, 6.07) is 23.2. The Labute approximate surface area is 358 Å². The number of carbonyl (C=O) groups excluding carboxylic acids is 2. The van der Waals surface area contributed by atoms with Gasteiger partial charge in [-0.05, 0) is 64.9 Å². The van der Waals surface area contributed by atoms with Crippen molar-refractivity contribution >= 4 is 49.7 Å². The van der Waals surface area contributed by atoms with Gasteiger partial charge in [0.1, 0.15) is 17.2 Å². The van der Waals surface area contributed by atoms with Crippen LogP contribution in [0.15, 0.2) is 85.1 Å². The molecule has 1 aromatic heterocycles. The third-order valence-electron chi connectivity index (χ3n) is 9.54. The van der Waals surface area contributed by atoms with E-state index in [-0.39, 0.29) is 28.6 Å². The number of hydrogen-bond acceptors (Lipinski definition) is 11. The Morgan fingerprint density at radius 2 is 1.48 bits per heavy atom. The topological polar surface area (TPSA) is 173 Å². The van der Waals surface area contributed by atoms with Gasteiger partial charge in [-0.2, -0.15) is 0 Å². The second kappa shape index (κ2) is 21.2. The number of aromatic nitrogens is 1. The Morgan fingerprint density at radius 1 is 0.770 bits per heavy atom. The number of pyridine rings is 1. The van der Waals surface area contributed by atoms with Gasteiger partial charge >= 0.3 is 6.03 Å². The van der Waals surface area contributed by atoms with E-state index >= 15 is 0 Å². The number of nitrogens with one attached hydrogen (secondary N) is 3. The smallest absolute Gasteiger partial charge is 0.323 e. The molecule has 0 aliphatic heterocycles. The van der Waals surface area contributed by atoms with Gasteiger partial charge in [0.05, 0.1) is 69.5 Å². The number of nitrogens with zero attached hydrogens (tertiary/aromatic N) is 1. The second-order valence-electron chi connectivity index (χ2n) is 15.7. The van der Waals surface area contributed by atoms with Gasteiger partial charge in [-0.3, -0.25) is 14.5 Å². The van der Waals surface area contributed by atoms with Crippen molar-refractivity contribution < 1.29 is 46.4 Å². The zero-order chi connectivity index (χ0) is 44.2. The Kier molecular flexibility index (Phi) is 16.1. The van der Waals surface area contributed by atoms with Gasteiger partial charge < -0.3 is 39.1 Å². The molecule has 61 heavy (non-hydrogen) atoms. The van der Waals surface area contributed by atoms with Gasteiger partial charge in [0, 0.05) is 55.3 Å². The quantitative estimate of drug-likeness (QED) is 0.0476. The number of ether oxygens (including phenoxy) is 6. The van der Waals surface area contributed by atoms with E-state index in [1.807, 2.05) is 70.2 Å². The standard InChI is InChI=1S/C46H56N4O10S/c1-30(29-59-22-21-58-20-19-55-5)23-41(51)37-14-13-31(25-43(37)56-6)24-33-28-34(17-18-47-33)60-42-16-15-38(35-11-9-10-12-36(35)42)48-45(52)49-39-26-32(46(2,3)4)27-40(44(39)57-7)50-61(8,53)54/h9-18,25-28,30,50H,19-24,29H2,1-8H3,(H2,48,49,52)/t30-/m1/s1. The number of methoxy groups -OCH3 is 3. The lowest BCUT2D eigenvalue weighted by atomic mass is 9.86. The lowest BCUT2D eigenvalue weighted by molar-refractivity contribution is 0.0165. The molecule has 2 amide bonds. The SMILES string of the molecule is COCCOCCOC[C@H](C)CC(=O)c1ccc(Cc2cc(Oc3ccc(NC(=O)Nc4cc(C(C)(C)C)cc(NS(C)(=O)=O)c4OC)c4ccccc34)ccn2)cc1OC. The van der Waals surface area contributed by atoms with Crippen molar-refractivity contribution in [2.24, 2.45) is 5.92 Å². The van der Waals surface area contributed by atoms with Crippen LogP contribution in [0.25, 0.3) is 10.8 Å². The summed E-state index contributed by atoms with van der Waals surface area (Å²) in [5, 5.41) is 7.26. The molecule has 0 unspecified atom stereocenters. The van der Waals surface area contributed by atoms with Gasteiger partial charge in [0.2, 0.25) is 10.0 Å². The lowest BCUT2D eigenvalue weighted by Crippen LogP contribution is -2.22. The van der Waals surface area contributed by atoms with E-state index < -0.39 is 16.1 Å². The Morgan fingerprint density at radius 3 is 2.18 bits per heavy atom. The maximum atomic E-state index is 13.5. The van der Waals surface area contributed by atoms with Gasteiger partial charge in [-0.15, -0.1) is 0 Å². The number of amides is 2. The Hall–Kier alpha value is -5.74. The molecule has 0 radical (unpaired) electrons. The number of ketones is 1. The number of fused-ring (bicyclic) bond motifs is 1. The number of carbonyl (C=O) groups is 2. The fourth-order valence-corrected chi connectivity index (χ4v) is 7.11. The normalized spacial score (nSPS) is 12.1. The molecular formula is C46H56N4O10S. The molecule has 5 rings (SSSR count). The number of Topliss-reactive ketones (excluding diaryl/α,β-unsaturated/α-hetero) is 1. The molecule has 3 N–H and O–H groups in total. The van der Waals surface area contributed by atoms with Crippen molar-refractivity contribution in [1.82, 2.24) is 4.98 Å². The first-order valence-corrected chi connectivity index (χ1v) is 21.7. The molecule has 14 nitrogen and oxygen atoms in total. The number of anilines is 3. The maximum Gasteiger partial charge on any atom is 0.323 e. The van der Waals surface area contributed by atoms with Crippen molar-refractivity contribution in [2.75, 3.05) is 76.0 Å². The molecule has 0 bridgehead atoms. The molecule has 5 aromatic rings. The minimum absolute atomic E-state index is 0.0155. The molecule has 15 heteroatoms. The molecule has 0 fully saturated rings. The molecule has 0 saturated heterocycles. The summed E-state index contributed by atoms with van der Waals surface area (Å²) >= 11 is 0. The number of benzene rings is 4. The van der Waals surface area contributed by atoms with Crippen molar-refractivity contribution in [1.29, 1.82) is 0 Å². The van der Waals surface area contributed by atoms with Crippen LogP contribution in [0, 0.1) is 5.92 Å². The van der Waals surface area contributed by atoms with Gasteiger partial charge in [-0.1, -0.05) is 58.0 Å². The average molecular weight is 857 g/mol. The summed E-state index contributed by atoms with van der Waals surface area (Å²) in [6.07, 6.45) is 3.51. The number of sulfonamides is 1. The molecular weight excluding hydrogens is 801 g/mol. The zero-order valence-corrected chi connectivity index (χ0v) is 36.9. The molecule has 326 valence electrons. The predicted octanol–water partition coefficient (Wildman–Crippen LogP) is 8.84. The summed E-state index contributed by atoms with van der Waals surface area (Å²) in [6.45, 7) is 10.3. The largest absolute Gasteiger partial charge is 0.496 e. The minimum Gasteiger partial charge on any atom is -0.496 e. The Balaban J connectivity index is 1.26. The van der Waals surface area contributed by atoms with Crippen LogP contribution in [-0.2, 0) is 36.1 Å². The number of urea groups is 1. The third kappa shape index (κ3) is 13.4. The highest BCUT2D eigenvalue weighted by molar-refractivity contribution is 7.92. The van der Waals surface area contributed by atoms with Crippen molar-refractivity contribution in [2.45, 2.75) is 46.0 Å². The molecule has 1 heterocycles. The number of hydrogen-bond donors (Lipinski definition) is 3. The predicted molar refractivity (Wildman–Crippen MR) is 238 cm³/mol. The van der Waals surface area contributed by atoms with Gasteiger partial charge in [0.15, 0.2) is 11.5 Å². The van der Waals surface area contributed by atoms with Crippen LogP contribution < -0.4 is 29.6 Å². The highest BCUT2D eigenvalue weighted by Crippen LogP contribution is 2.40. The molecule has 0 spiro atoms. The van der Waals surface area contributed by atoms with Gasteiger partial charge in [0.25, 0.3) is 0 Å².